The number of rotatable bonds is 8. The highest BCUT2D eigenvalue weighted by molar-refractivity contribution is 7.15. The minimum Gasteiger partial charge on any atom is -0.383 e. The van der Waals surface area contributed by atoms with E-state index in [2.05, 4.69) is 26.6 Å². The van der Waals surface area contributed by atoms with Crippen LogP contribution in [0.1, 0.15) is 11.4 Å². The Kier molecular flexibility index (Phi) is 6.42. The Balaban J connectivity index is 2.48. The fourth-order valence-electron chi connectivity index (χ4n) is 1.27. The van der Waals surface area contributed by atoms with Crippen molar-refractivity contribution < 1.29 is 4.74 Å². The zero-order valence-electron chi connectivity index (χ0n) is 9.72. The van der Waals surface area contributed by atoms with Crippen molar-refractivity contribution in [2.75, 3.05) is 32.2 Å². The van der Waals surface area contributed by atoms with Gasteiger partial charge < -0.3 is 4.74 Å². The molecule has 1 aromatic rings. The van der Waals surface area contributed by atoms with Crippen molar-refractivity contribution in [1.82, 2.24) is 15.1 Å². The molecule has 0 radical (unpaired) electrons. The van der Waals surface area contributed by atoms with Gasteiger partial charge in [0.2, 0.25) is 5.13 Å². The van der Waals surface area contributed by atoms with E-state index >= 15 is 0 Å². The highest BCUT2D eigenvalue weighted by Crippen LogP contribution is 2.15. The van der Waals surface area contributed by atoms with Crippen molar-refractivity contribution in [1.29, 1.82) is 5.26 Å². The van der Waals surface area contributed by atoms with Crippen molar-refractivity contribution >= 4 is 16.5 Å². The number of nitrogen functional groups attached to an aromatic ring is 1. The molecule has 0 amide bonds. The largest absolute Gasteiger partial charge is 0.383 e. The molecule has 1 heterocycles. The van der Waals surface area contributed by atoms with Gasteiger partial charge >= 0.3 is 0 Å². The number of methoxy groups -OCH3 is 1. The van der Waals surface area contributed by atoms with E-state index < -0.39 is 0 Å². The lowest BCUT2D eigenvalue weighted by atomic mass is 10.4. The first-order chi connectivity index (χ1) is 8.30. The number of nitrogens with zero attached hydrogens (tertiary/aromatic N) is 4. The van der Waals surface area contributed by atoms with Crippen LogP contribution >= 0.6 is 11.3 Å². The van der Waals surface area contributed by atoms with E-state index in [1.54, 1.807) is 7.11 Å². The van der Waals surface area contributed by atoms with Gasteiger partial charge in [-0.2, -0.15) is 5.26 Å². The van der Waals surface area contributed by atoms with Crippen LogP contribution in [0, 0.1) is 11.3 Å². The molecule has 0 spiro atoms. The fraction of sp³-hybridized carbons (Fsp3) is 0.667. The lowest BCUT2D eigenvalue weighted by Gasteiger charge is -2.18. The Bertz CT molecular complexity index is 363. The maximum Gasteiger partial charge on any atom is 0.219 e. The van der Waals surface area contributed by atoms with Gasteiger partial charge in [0.1, 0.15) is 5.01 Å². The van der Waals surface area contributed by atoms with E-state index in [-0.39, 0.29) is 0 Å². The third-order valence-corrected chi connectivity index (χ3v) is 2.94. The Morgan fingerprint density at radius 2 is 2.35 bits per heavy atom. The van der Waals surface area contributed by atoms with Crippen molar-refractivity contribution in [3.8, 4) is 6.07 Å². The van der Waals surface area contributed by atoms with Gasteiger partial charge in [-0.3, -0.25) is 10.3 Å². The van der Waals surface area contributed by atoms with Gasteiger partial charge in [0, 0.05) is 26.6 Å². The van der Waals surface area contributed by atoms with Crippen LogP contribution in [0.2, 0.25) is 0 Å². The van der Waals surface area contributed by atoms with E-state index in [9.17, 15) is 0 Å². The Morgan fingerprint density at radius 3 is 2.94 bits per heavy atom. The zero-order valence-corrected chi connectivity index (χ0v) is 10.5. The summed E-state index contributed by atoms with van der Waals surface area (Å²) >= 11 is 1.40. The number of aromatic nitrogens is 2. The minimum atomic E-state index is 0.491. The Hall–Kier alpha value is -1.27. The van der Waals surface area contributed by atoms with Crippen LogP contribution in [0.4, 0.5) is 5.13 Å². The lowest BCUT2D eigenvalue weighted by Crippen LogP contribution is -2.27. The average Bonchev–Trinajstić information content (AvgIpc) is 2.80. The molecule has 0 fully saturated rings. The number of nitrogens with one attached hydrogen (secondary N) is 1. The SMILES string of the molecule is COCCN(CCC#N)Cc1nnc(NN)s1. The molecule has 1 aromatic heterocycles. The Labute approximate surface area is 104 Å². The van der Waals surface area contributed by atoms with E-state index in [0.717, 1.165) is 11.6 Å². The zero-order chi connectivity index (χ0) is 12.5. The van der Waals surface area contributed by atoms with Crippen LogP contribution in [0.15, 0.2) is 0 Å². The topological polar surface area (TPSA) is 100 Å². The highest BCUT2D eigenvalue weighted by Gasteiger charge is 2.09. The lowest BCUT2D eigenvalue weighted by molar-refractivity contribution is 0.145. The second-order valence-electron chi connectivity index (χ2n) is 3.32. The standard InChI is InChI=1S/C9H16N6OS/c1-16-6-5-15(4-2-3-10)7-8-13-14-9(12-11)17-8/h2,4-7,11H2,1H3,(H,12,14). The van der Waals surface area contributed by atoms with Crippen LogP contribution in [0.3, 0.4) is 0 Å². The van der Waals surface area contributed by atoms with Crippen molar-refractivity contribution in [2.24, 2.45) is 5.84 Å². The predicted octanol–water partition coefficient (Wildman–Crippen LogP) is 0.186. The van der Waals surface area contributed by atoms with Gasteiger partial charge in [0.05, 0.1) is 19.2 Å². The predicted molar refractivity (Wildman–Crippen MR) is 65.1 cm³/mol. The minimum absolute atomic E-state index is 0.491. The van der Waals surface area contributed by atoms with Crippen LogP contribution in [-0.4, -0.2) is 41.9 Å². The van der Waals surface area contributed by atoms with Gasteiger partial charge in [0.15, 0.2) is 0 Å². The van der Waals surface area contributed by atoms with Crippen molar-refractivity contribution in [2.45, 2.75) is 13.0 Å². The van der Waals surface area contributed by atoms with Gasteiger partial charge in [0.25, 0.3) is 0 Å². The smallest absolute Gasteiger partial charge is 0.219 e. The maximum atomic E-state index is 8.59. The maximum absolute atomic E-state index is 8.59. The molecule has 7 nitrogen and oxygen atoms in total. The second-order valence-corrected chi connectivity index (χ2v) is 4.38. The average molecular weight is 256 g/mol. The summed E-state index contributed by atoms with van der Waals surface area (Å²) in [7, 11) is 1.66. The summed E-state index contributed by atoms with van der Waals surface area (Å²) in [6.07, 6.45) is 0.491. The number of hydrogen-bond acceptors (Lipinski definition) is 8. The molecule has 17 heavy (non-hydrogen) atoms. The first kappa shape index (κ1) is 13.8. The first-order valence-electron chi connectivity index (χ1n) is 5.17. The van der Waals surface area contributed by atoms with E-state index in [4.69, 9.17) is 15.8 Å². The molecule has 8 heteroatoms. The van der Waals surface area contributed by atoms with E-state index in [0.29, 0.717) is 31.2 Å². The third kappa shape index (κ3) is 5.06. The highest BCUT2D eigenvalue weighted by atomic mass is 32.1. The third-order valence-electron chi connectivity index (χ3n) is 2.10. The number of hydrogen-bond donors (Lipinski definition) is 2. The summed E-state index contributed by atoms with van der Waals surface area (Å²) in [5, 5.41) is 17.9. The molecule has 0 unspecified atom stereocenters. The summed E-state index contributed by atoms with van der Waals surface area (Å²) in [6, 6.07) is 2.13. The number of anilines is 1. The van der Waals surface area contributed by atoms with E-state index in [1.165, 1.54) is 11.3 Å². The molecule has 1 rings (SSSR count). The van der Waals surface area contributed by atoms with Crippen molar-refractivity contribution in [3.63, 3.8) is 0 Å². The van der Waals surface area contributed by atoms with Crippen LogP contribution in [0.25, 0.3) is 0 Å². The van der Waals surface area contributed by atoms with Crippen molar-refractivity contribution in [3.05, 3.63) is 5.01 Å². The summed E-state index contributed by atoms with van der Waals surface area (Å²) in [5.41, 5.74) is 2.46. The number of ether oxygens (including phenoxy) is 1. The summed E-state index contributed by atoms with van der Waals surface area (Å²) in [5.74, 6) is 5.24. The molecule has 0 aromatic carbocycles. The summed E-state index contributed by atoms with van der Waals surface area (Å²) < 4.78 is 5.03. The second kappa shape index (κ2) is 7.92. The van der Waals surface area contributed by atoms with Gasteiger partial charge in [-0.1, -0.05) is 11.3 Å². The number of hydrazine groups is 1. The molecule has 0 atom stereocenters. The molecule has 94 valence electrons. The quantitative estimate of drug-likeness (QED) is 0.505. The molecular weight excluding hydrogens is 240 g/mol. The molecule has 0 saturated carbocycles. The Morgan fingerprint density at radius 1 is 1.53 bits per heavy atom. The molecule has 0 aliphatic rings. The molecular formula is C9H16N6OS. The van der Waals surface area contributed by atoms with Crippen LogP contribution in [0.5, 0.6) is 0 Å². The fourth-order valence-corrected chi connectivity index (χ4v) is 1.96. The van der Waals surface area contributed by atoms with Gasteiger partial charge in [-0.15, -0.1) is 10.2 Å². The van der Waals surface area contributed by atoms with Crippen LogP contribution < -0.4 is 11.3 Å². The normalized spacial score (nSPS) is 10.5. The first-order valence-corrected chi connectivity index (χ1v) is 5.99. The summed E-state index contributed by atoms with van der Waals surface area (Å²) in [4.78, 5) is 2.10. The monoisotopic (exact) mass is 256 g/mol. The molecule has 0 saturated heterocycles. The molecule has 0 aliphatic heterocycles. The van der Waals surface area contributed by atoms with E-state index in [1.807, 2.05) is 0 Å². The van der Waals surface area contributed by atoms with Gasteiger partial charge in [-0.25, -0.2) is 5.84 Å². The number of nitriles is 1. The molecule has 3 N–H and O–H groups in total. The van der Waals surface area contributed by atoms with Gasteiger partial charge in [-0.05, 0) is 0 Å². The number of nitrogens with two attached hydrogens (primary N) is 1. The molecule has 0 aliphatic carbocycles. The summed E-state index contributed by atoms with van der Waals surface area (Å²) in [6.45, 7) is 2.75. The van der Waals surface area contributed by atoms with Crippen LogP contribution in [-0.2, 0) is 11.3 Å². The molecule has 0 bridgehead atoms.